The van der Waals surface area contributed by atoms with Crippen molar-refractivity contribution in [2.75, 3.05) is 18.4 Å². The zero-order valence-corrected chi connectivity index (χ0v) is 12.4. The number of anilines is 1. The summed E-state index contributed by atoms with van der Waals surface area (Å²) in [7, 11) is 0. The van der Waals surface area contributed by atoms with Crippen LogP contribution < -0.4 is 5.32 Å². The molecule has 0 aromatic heterocycles. The van der Waals surface area contributed by atoms with Gasteiger partial charge in [-0.05, 0) is 43.9 Å². The fourth-order valence-corrected chi connectivity index (χ4v) is 2.45. The SMILES string of the molecule is Cc1ccc(NC(=O)CC(=O)N2CCCCC2)cc1Cl. The zero-order valence-electron chi connectivity index (χ0n) is 11.6. The molecular formula is C15H19ClN2O2. The maximum atomic E-state index is 12.0. The predicted molar refractivity (Wildman–Crippen MR) is 79.9 cm³/mol. The van der Waals surface area contributed by atoms with Gasteiger partial charge in [-0.1, -0.05) is 17.7 Å². The topological polar surface area (TPSA) is 49.4 Å². The molecule has 1 saturated heterocycles. The van der Waals surface area contributed by atoms with Crippen LogP contribution >= 0.6 is 11.6 Å². The molecule has 2 rings (SSSR count). The van der Waals surface area contributed by atoms with Gasteiger partial charge in [0.05, 0.1) is 0 Å². The minimum atomic E-state index is -0.291. The lowest BCUT2D eigenvalue weighted by atomic mass is 10.1. The van der Waals surface area contributed by atoms with Gasteiger partial charge >= 0.3 is 0 Å². The lowest BCUT2D eigenvalue weighted by molar-refractivity contribution is -0.135. The first kappa shape index (κ1) is 14.9. The average Bonchev–Trinajstić information content (AvgIpc) is 2.44. The van der Waals surface area contributed by atoms with E-state index in [-0.39, 0.29) is 18.2 Å². The van der Waals surface area contributed by atoms with Crippen LogP contribution in [0.2, 0.25) is 5.02 Å². The van der Waals surface area contributed by atoms with Crippen LogP contribution in [0.3, 0.4) is 0 Å². The third-order valence-electron chi connectivity index (χ3n) is 3.48. The number of halogens is 1. The van der Waals surface area contributed by atoms with Gasteiger partial charge < -0.3 is 10.2 Å². The first-order valence-corrected chi connectivity index (χ1v) is 7.28. The van der Waals surface area contributed by atoms with E-state index in [1.165, 1.54) is 0 Å². The van der Waals surface area contributed by atoms with Gasteiger partial charge in [-0.15, -0.1) is 0 Å². The van der Waals surface area contributed by atoms with Crippen molar-refractivity contribution in [3.05, 3.63) is 28.8 Å². The Hall–Kier alpha value is -1.55. The highest BCUT2D eigenvalue weighted by Crippen LogP contribution is 2.20. The van der Waals surface area contributed by atoms with Crippen molar-refractivity contribution in [1.82, 2.24) is 4.90 Å². The minimum absolute atomic E-state index is 0.0968. The van der Waals surface area contributed by atoms with Crippen LogP contribution in [0.5, 0.6) is 0 Å². The van der Waals surface area contributed by atoms with Crippen molar-refractivity contribution >= 4 is 29.1 Å². The number of nitrogens with zero attached hydrogens (tertiary/aromatic N) is 1. The number of likely N-dealkylation sites (tertiary alicyclic amines) is 1. The molecule has 0 spiro atoms. The molecule has 1 aromatic carbocycles. The fourth-order valence-electron chi connectivity index (χ4n) is 2.27. The fraction of sp³-hybridized carbons (Fsp3) is 0.467. The van der Waals surface area contributed by atoms with Gasteiger partial charge in [-0.2, -0.15) is 0 Å². The van der Waals surface area contributed by atoms with Crippen LogP contribution in [0.25, 0.3) is 0 Å². The molecule has 1 N–H and O–H groups in total. The predicted octanol–water partition coefficient (Wildman–Crippen LogP) is 2.99. The van der Waals surface area contributed by atoms with E-state index < -0.39 is 0 Å². The van der Waals surface area contributed by atoms with Gasteiger partial charge in [0.15, 0.2) is 0 Å². The van der Waals surface area contributed by atoms with E-state index in [2.05, 4.69) is 5.32 Å². The molecule has 1 aliphatic heterocycles. The molecule has 0 radical (unpaired) electrons. The maximum Gasteiger partial charge on any atom is 0.233 e. The van der Waals surface area contributed by atoms with Crippen LogP contribution in [-0.2, 0) is 9.59 Å². The Morgan fingerprint density at radius 2 is 1.95 bits per heavy atom. The number of rotatable bonds is 3. The Bertz CT molecular complexity index is 511. The van der Waals surface area contributed by atoms with E-state index in [4.69, 9.17) is 11.6 Å². The molecule has 4 nitrogen and oxygen atoms in total. The van der Waals surface area contributed by atoms with Gasteiger partial charge in [-0.3, -0.25) is 9.59 Å². The molecule has 0 atom stereocenters. The number of carbonyl (C=O) groups is 2. The van der Waals surface area contributed by atoms with E-state index in [1.54, 1.807) is 17.0 Å². The van der Waals surface area contributed by atoms with Crippen molar-refractivity contribution in [2.24, 2.45) is 0 Å². The smallest absolute Gasteiger partial charge is 0.233 e. The van der Waals surface area contributed by atoms with Crippen molar-refractivity contribution < 1.29 is 9.59 Å². The number of carbonyl (C=O) groups excluding carboxylic acids is 2. The van der Waals surface area contributed by atoms with E-state index in [1.807, 2.05) is 13.0 Å². The number of hydrogen-bond acceptors (Lipinski definition) is 2. The maximum absolute atomic E-state index is 12.0. The second kappa shape index (κ2) is 6.75. The Kier molecular flexibility index (Phi) is 5.01. The van der Waals surface area contributed by atoms with Gasteiger partial charge in [0.1, 0.15) is 6.42 Å². The van der Waals surface area contributed by atoms with Gasteiger partial charge in [-0.25, -0.2) is 0 Å². The zero-order chi connectivity index (χ0) is 14.5. The van der Waals surface area contributed by atoms with E-state index >= 15 is 0 Å². The van der Waals surface area contributed by atoms with E-state index in [9.17, 15) is 9.59 Å². The van der Waals surface area contributed by atoms with E-state index in [0.717, 1.165) is 37.9 Å². The monoisotopic (exact) mass is 294 g/mol. The number of aryl methyl sites for hydroxylation is 1. The highest BCUT2D eigenvalue weighted by Gasteiger charge is 2.19. The summed E-state index contributed by atoms with van der Waals surface area (Å²) in [6.07, 6.45) is 3.12. The number of piperidine rings is 1. The Balaban J connectivity index is 1.88. The van der Waals surface area contributed by atoms with Gasteiger partial charge in [0, 0.05) is 23.8 Å². The van der Waals surface area contributed by atoms with Crippen molar-refractivity contribution in [2.45, 2.75) is 32.6 Å². The number of benzene rings is 1. The number of nitrogens with one attached hydrogen (secondary N) is 1. The lowest BCUT2D eigenvalue weighted by Crippen LogP contribution is -2.37. The molecule has 1 aromatic rings. The normalized spacial score (nSPS) is 15.0. The van der Waals surface area contributed by atoms with Crippen LogP contribution in [0, 0.1) is 6.92 Å². The molecular weight excluding hydrogens is 276 g/mol. The Labute approximate surface area is 124 Å². The minimum Gasteiger partial charge on any atom is -0.342 e. The second-order valence-corrected chi connectivity index (χ2v) is 5.54. The van der Waals surface area contributed by atoms with Crippen LogP contribution in [0.1, 0.15) is 31.2 Å². The summed E-state index contributed by atoms with van der Waals surface area (Å²) < 4.78 is 0. The van der Waals surface area contributed by atoms with E-state index in [0.29, 0.717) is 10.7 Å². The summed E-state index contributed by atoms with van der Waals surface area (Å²) in [6.45, 7) is 3.43. The molecule has 1 heterocycles. The first-order valence-electron chi connectivity index (χ1n) is 6.90. The quantitative estimate of drug-likeness (QED) is 0.871. The Morgan fingerprint density at radius 1 is 1.25 bits per heavy atom. The Morgan fingerprint density at radius 3 is 2.60 bits per heavy atom. The van der Waals surface area contributed by atoms with Crippen LogP contribution in [0.15, 0.2) is 18.2 Å². The molecule has 1 aliphatic rings. The highest BCUT2D eigenvalue weighted by atomic mass is 35.5. The van der Waals surface area contributed by atoms with Gasteiger partial charge in [0.2, 0.25) is 11.8 Å². The molecule has 0 saturated carbocycles. The largest absolute Gasteiger partial charge is 0.342 e. The molecule has 0 unspecified atom stereocenters. The summed E-state index contributed by atoms with van der Waals surface area (Å²) in [5, 5.41) is 3.31. The third-order valence-corrected chi connectivity index (χ3v) is 3.88. The summed E-state index contributed by atoms with van der Waals surface area (Å²) in [5.74, 6) is -0.388. The summed E-state index contributed by atoms with van der Waals surface area (Å²) in [6, 6.07) is 5.31. The van der Waals surface area contributed by atoms with Crippen molar-refractivity contribution in [3.63, 3.8) is 0 Å². The molecule has 1 fully saturated rings. The van der Waals surface area contributed by atoms with Crippen molar-refractivity contribution in [3.8, 4) is 0 Å². The molecule has 20 heavy (non-hydrogen) atoms. The van der Waals surface area contributed by atoms with Crippen LogP contribution in [-0.4, -0.2) is 29.8 Å². The standard InChI is InChI=1S/C15H19ClN2O2/c1-11-5-6-12(9-13(11)16)17-14(19)10-15(20)18-7-3-2-4-8-18/h5-6,9H,2-4,7-8,10H2,1H3,(H,17,19). The second-order valence-electron chi connectivity index (χ2n) is 5.13. The molecule has 0 aliphatic carbocycles. The highest BCUT2D eigenvalue weighted by molar-refractivity contribution is 6.31. The number of hydrogen-bond donors (Lipinski definition) is 1. The molecule has 0 bridgehead atoms. The van der Waals surface area contributed by atoms with Crippen LogP contribution in [0.4, 0.5) is 5.69 Å². The van der Waals surface area contributed by atoms with Gasteiger partial charge in [0.25, 0.3) is 0 Å². The molecule has 5 heteroatoms. The summed E-state index contributed by atoms with van der Waals surface area (Å²) in [4.78, 5) is 25.6. The molecule has 2 amide bonds. The first-order chi connectivity index (χ1) is 9.56. The average molecular weight is 295 g/mol. The van der Waals surface area contributed by atoms with Crippen molar-refractivity contribution in [1.29, 1.82) is 0 Å². The number of amides is 2. The summed E-state index contributed by atoms with van der Waals surface area (Å²) >= 11 is 6.00. The molecule has 108 valence electrons. The lowest BCUT2D eigenvalue weighted by Gasteiger charge is -2.26. The summed E-state index contributed by atoms with van der Waals surface area (Å²) in [5.41, 5.74) is 1.58. The third kappa shape index (κ3) is 3.97.